The lowest BCUT2D eigenvalue weighted by Crippen LogP contribution is -2.43. The zero-order valence-electron chi connectivity index (χ0n) is 16.0. The molecule has 6 heteroatoms. The van der Waals surface area contributed by atoms with Crippen molar-refractivity contribution in [2.75, 3.05) is 33.2 Å². The Morgan fingerprint density at radius 2 is 1.96 bits per heavy atom. The van der Waals surface area contributed by atoms with Gasteiger partial charge in [0, 0.05) is 32.1 Å². The number of nitrogens with one attached hydrogen (secondary N) is 3. The van der Waals surface area contributed by atoms with Gasteiger partial charge in [-0.1, -0.05) is 13.8 Å². The first-order valence-corrected chi connectivity index (χ1v) is 9.57. The summed E-state index contributed by atoms with van der Waals surface area (Å²) in [5, 5.41) is 9.73. The van der Waals surface area contributed by atoms with E-state index in [1.54, 1.807) is 7.05 Å². The van der Waals surface area contributed by atoms with Crippen LogP contribution >= 0.6 is 0 Å². The number of carbonyl (C=O) groups is 1. The average Bonchev–Trinajstić information content (AvgIpc) is 3.38. The van der Waals surface area contributed by atoms with E-state index in [-0.39, 0.29) is 5.91 Å². The minimum Gasteiger partial charge on any atom is -0.356 e. The zero-order valence-corrected chi connectivity index (χ0v) is 16.0. The Kier molecular flexibility index (Phi) is 10.5. The third kappa shape index (κ3) is 9.75. The lowest BCUT2D eigenvalue weighted by molar-refractivity contribution is -0.121. The minimum absolute atomic E-state index is 0.173. The lowest BCUT2D eigenvalue weighted by Gasteiger charge is -2.21. The Morgan fingerprint density at radius 1 is 1.25 bits per heavy atom. The highest BCUT2D eigenvalue weighted by molar-refractivity contribution is 5.80. The van der Waals surface area contributed by atoms with Crippen LogP contribution in [0.15, 0.2) is 4.99 Å². The fourth-order valence-corrected chi connectivity index (χ4v) is 2.64. The van der Waals surface area contributed by atoms with Crippen molar-refractivity contribution in [1.82, 2.24) is 20.9 Å². The molecule has 1 amide bonds. The summed E-state index contributed by atoms with van der Waals surface area (Å²) in [5.41, 5.74) is 0. The van der Waals surface area contributed by atoms with Crippen molar-refractivity contribution in [1.29, 1.82) is 0 Å². The third-order valence-electron chi connectivity index (χ3n) is 4.43. The Labute approximate surface area is 147 Å². The Morgan fingerprint density at radius 3 is 2.54 bits per heavy atom. The van der Waals surface area contributed by atoms with Gasteiger partial charge in [0.15, 0.2) is 5.96 Å². The second-order valence-corrected chi connectivity index (χ2v) is 6.66. The molecule has 6 nitrogen and oxygen atoms in total. The van der Waals surface area contributed by atoms with Crippen LogP contribution in [-0.4, -0.2) is 62.1 Å². The summed E-state index contributed by atoms with van der Waals surface area (Å²) >= 11 is 0. The molecule has 0 aliphatic heterocycles. The van der Waals surface area contributed by atoms with Gasteiger partial charge in [0.25, 0.3) is 0 Å². The van der Waals surface area contributed by atoms with Gasteiger partial charge in [-0.25, -0.2) is 0 Å². The van der Waals surface area contributed by atoms with Crippen molar-refractivity contribution in [3.63, 3.8) is 0 Å². The van der Waals surface area contributed by atoms with Gasteiger partial charge in [-0.3, -0.25) is 9.79 Å². The molecule has 0 heterocycles. The maximum Gasteiger partial charge on any atom is 0.220 e. The summed E-state index contributed by atoms with van der Waals surface area (Å²) < 4.78 is 0. The molecule has 140 valence electrons. The van der Waals surface area contributed by atoms with Crippen LogP contribution in [0.25, 0.3) is 0 Å². The first-order valence-electron chi connectivity index (χ1n) is 9.57. The van der Waals surface area contributed by atoms with E-state index in [2.05, 4.69) is 46.6 Å². The van der Waals surface area contributed by atoms with Gasteiger partial charge < -0.3 is 20.9 Å². The molecule has 1 fully saturated rings. The largest absolute Gasteiger partial charge is 0.356 e. The molecule has 1 saturated carbocycles. The fraction of sp³-hybridized carbons (Fsp3) is 0.889. The average molecular weight is 340 g/mol. The summed E-state index contributed by atoms with van der Waals surface area (Å²) in [5.74, 6) is 1.000. The first kappa shape index (κ1) is 20.7. The van der Waals surface area contributed by atoms with E-state index in [4.69, 9.17) is 0 Å². The molecule has 1 rings (SSSR count). The van der Waals surface area contributed by atoms with Crippen LogP contribution in [0.2, 0.25) is 0 Å². The van der Waals surface area contributed by atoms with Crippen molar-refractivity contribution in [3.8, 4) is 0 Å². The molecule has 1 atom stereocenters. The second kappa shape index (κ2) is 12.1. The first-order chi connectivity index (χ1) is 11.6. The molecule has 0 aromatic carbocycles. The highest BCUT2D eigenvalue weighted by atomic mass is 16.1. The van der Waals surface area contributed by atoms with Gasteiger partial charge in [0.1, 0.15) is 0 Å². The predicted octanol–water partition coefficient (Wildman–Crippen LogP) is 1.72. The number of aliphatic imine (C=N–C) groups is 1. The molecule has 1 aliphatic rings. The molecule has 0 saturated heterocycles. The van der Waals surface area contributed by atoms with Crippen LogP contribution in [-0.2, 0) is 4.79 Å². The molecule has 0 bridgehead atoms. The number of hydrogen-bond donors (Lipinski definition) is 3. The predicted molar refractivity (Wildman–Crippen MR) is 101 cm³/mol. The van der Waals surface area contributed by atoms with Crippen LogP contribution < -0.4 is 16.0 Å². The normalized spacial score (nSPS) is 16.1. The SMILES string of the molecule is CCN(CC)CCCC(C)NC(=NC)NCCCC(=O)NC1CC1. The van der Waals surface area contributed by atoms with E-state index >= 15 is 0 Å². The Hall–Kier alpha value is -1.30. The van der Waals surface area contributed by atoms with Crippen LogP contribution in [0.3, 0.4) is 0 Å². The summed E-state index contributed by atoms with van der Waals surface area (Å²) in [4.78, 5) is 18.3. The molecule has 1 unspecified atom stereocenters. The maximum atomic E-state index is 11.6. The topological polar surface area (TPSA) is 68.8 Å². The molecule has 0 aromatic rings. The van der Waals surface area contributed by atoms with Crippen molar-refractivity contribution in [3.05, 3.63) is 0 Å². The van der Waals surface area contributed by atoms with E-state index in [1.165, 1.54) is 6.42 Å². The molecular formula is C18H37N5O. The van der Waals surface area contributed by atoms with E-state index in [1.807, 2.05) is 0 Å². The van der Waals surface area contributed by atoms with E-state index < -0.39 is 0 Å². The number of guanidine groups is 1. The van der Waals surface area contributed by atoms with Crippen molar-refractivity contribution in [2.45, 2.75) is 71.4 Å². The van der Waals surface area contributed by atoms with Crippen LogP contribution in [0.4, 0.5) is 0 Å². The fourth-order valence-electron chi connectivity index (χ4n) is 2.64. The Bertz CT molecular complexity index is 378. The van der Waals surface area contributed by atoms with Gasteiger partial charge in [-0.15, -0.1) is 0 Å². The van der Waals surface area contributed by atoms with Gasteiger partial charge >= 0.3 is 0 Å². The zero-order chi connectivity index (χ0) is 17.8. The molecule has 3 N–H and O–H groups in total. The summed E-state index contributed by atoms with van der Waals surface area (Å²) in [6, 6.07) is 0.849. The van der Waals surface area contributed by atoms with E-state index in [0.29, 0.717) is 18.5 Å². The standard InChI is InChI=1S/C18H37N5O/c1-5-23(6-2)14-8-9-15(3)21-18(19-4)20-13-7-10-17(24)22-16-11-12-16/h15-16H,5-14H2,1-4H3,(H,22,24)(H2,19,20,21). The quantitative estimate of drug-likeness (QED) is 0.288. The Balaban J connectivity index is 2.08. The van der Waals surface area contributed by atoms with E-state index in [0.717, 1.165) is 57.8 Å². The number of rotatable bonds is 12. The van der Waals surface area contributed by atoms with Gasteiger partial charge in [0.05, 0.1) is 0 Å². The summed E-state index contributed by atoms with van der Waals surface area (Å²) in [6.07, 6.45) is 6.02. The van der Waals surface area contributed by atoms with Gasteiger partial charge in [-0.05, 0) is 58.7 Å². The van der Waals surface area contributed by atoms with Crippen molar-refractivity contribution in [2.24, 2.45) is 4.99 Å². The molecule has 0 spiro atoms. The highest BCUT2D eigenvalue weighted by Crippen LogP contribution is 2.18. The van der Waals surface area contributed by atoms with Gasteiger partial charge in [0.2, 0.25) is 5.91 Å². The van der Waals surface area contributed by atoms with Gasteiger partial charge in [-0.2, -0.15) is 0 Å². The van der Waals surface area contributed by atoms with Crippen LogP contribution in [0, 0.1) is 0 Å². The molecular weight excluding hydrogens is 302 g/mol. The number of amides is 1. The second-order valence-electron chi connectivity index (χ2n) is 6.66. The lowest BCUT2D eigenvalue weighted by atomic mass is 10.2. The minimum atomic E-state index is 0.173. The molecule has 24 heavy (non-hydrogen) atoms. The van der Waals surface area contributed by atoms with Crippen molar-refractivity contribution < 1.29 is 4.79 Å². The summed E-state index contributed by atoms with van der Waals surface area (Å²) in [6.45, 7) is 10.8. The maximum absolute atomic E-state index is 11.6. The summed E-state index contributed by atoms with van der Waals surface area (Å²) in [7, 11) is 1.79. The van der Waals surface area contributed by atoms with Crippen LogP contribution in [0.1, 0.15) is 59.3 Å². The van der Waals surface area contributed by atoms with Crippen LogP contribution in [0.5, 0.6) is 0 Å². The van der Waals surface area contributed by atoms with E-state index in [9.17, 15) is 4.79 Å². The molecule has 0 radical (unpaired) electrons. The molecule has 0 aromatic heterocycles. The highest BCUT2D eigenvalue weighted by Gasteiger charge is 2.22. The van der Waals surface area contributed by atoms with Crippen molar-refractivity contribution >= 4 is 11.9 Å². The number of nitrogens with zero attached hydrogens (tertiary/aromatic N) is 2. The monoisotopic (exact) mass is 339 g/mol. The number of hydrogen-bond acceptors (Lipinski definition) is 3. The number of carbonyl (C=O) groups excluding carboxylic acids is 1. The third-order valence-corrected chi connectivity index (χ3v) is 4.43. The molecule has 1 aliphatic carbocycles. The smallest absolute Gasteiger partial charge is 0.220 e.